The van der Waals surface area contributed by atoms with Gasteiger partial charge >= 0.3 is 0 Å². The monoisotopic (exact) mass is 466 g/mol. The Balaban J connectivity index is 0.00000243. The van der Waals surface area contributed by atoms with Crippen molar-refractivity contribution in [3.63, 3.8) is 0 Å². The van der Waals surface area contributed by atoms with Crippen LogP contribution in [0, 0.1) is 12.7 Å². The van der Waals surface area contributed by atoms with E-state index in [0.717, 1.165) is 24.0 Å². The number of aryl methyl sites for hydroxylation is 1. The summed E-state index contributed by atoms with van der Waals surface area (Å²) in [5.74, 6) is 0.530. The summed E-state index contributed by atoms with van der Waals surface area (Å²) in [5, 5.41) is 7.77. The molecular formula is C20H24FIN4. The van der Waals surface area contributed by atoms with Crippen LogP contribution in [0.25, 0.3) is 10.9 Å². The minimum atomic E-state index is -0.179. The highest BCUT2D eigenvalue weighted by Crippen LogP contribution is 2.17. The molecule has 2 aromatic carbocycles. The predicted octanol–water partition coefficient (Wildman–Crippen LogP) is 4.14. The van der Waals surface area contributed by atoms with Gasteiger partial charge in [-0.25, -0.2) is 4.39 Å². The summed E-state index contributed by atoms with van der Waals surface area (Å²) in [5.41, 5.74) is 3.98. The van der Waals surface area contributed by atoms with Crippen LogP contribution in [0.5, 0.6) is 0 Å². The Labute approximate surface area is 170 Å². The second kappa shape index (κ2) is 9.56. The van der Waals surface area contributed by atoms with Crippen molar-refractivity contribution in [2.75, 3.05) is 13.6 Å². The molecule has 0 saturated heterocycles. The zero-order valence-corrected chi connectivity index (χ0v) is 17.3. The molecule has 0 bridgehead atoms. The lowest BCUT2D eigenvalue weighted by molar-refractivity contribution is 0.615. The molecule has 0 atom stereocenters. The lowest BCUT2D eigenvalue weighted by atomic mass is 10.1. The van der Waals surface area contributed by atoms with Gasteiger partial charge < -0.3 is 15.6 Å². The van der Waals surface area contributed by atoms with Gasteiger partial charge in [-0.15, -0.1) is 24.0 Å². The number of halogens is 2. The second-order valence-electron chi connectivity index (χ2n) is 6.05. The number of guanidine groups is 1. The minimum absolute atomic E-state index is 0. The molecule has 3 aromatic rings. The van der Waals surface area contributed by atoms with Gasteiger partial charge in [-0.05, 0) is 42.2 Å². The van der Waals surface area contributed by atoms with Crippen LogP contribution in [-0.2, 0) is 13.0 Å². The smallest absolute Gasteiger partial charge is 0.191 e. The fourth-order valence-corrected chi connectivity index (χ4v) is 2.81. The van der Waals surface area contributed by atoms with Gasteiger partial charge in [0.2, 0.25) is 0 Å². The van der Waals surface area contributed by atoms with Crippen molar-refractivity contribution in [3.8, 4) is 0 Å². The summed E-state index contributed by atoms with van der Waals surface area (Å²) in [7, 11) is 1.73. The molecule has 0 radical (unpaired) electrons. The van der Waals surface area contributed by atoms with Crippen LogP contribution in [0.3, 0.4) is 0 Å². The van der Waals surface area contributed by atoms with Gasteiger partial charge in [0.25, 0.3) is 0 Å². The SMILES string of the molecule is CN=C(NCCc1c[nH]c2ccccc12)NCc1ccc(C)c(F)c1.I. The molecule has 0 aliphatic rings. The Kier molecular flexibility index (Phi) is 7.44. The topological polar surface area (TPSA) is 52.2 Å². The summed E-state index contributed by atoms with van der Waals surface area (Å²) in [6.45, 7) is 3.06. The van der Waals surface area contributed by atoms with Crippen molar-refractivity contribution in [2.45, 2.75) is 19.9 Å². The first kappa shape index (κ1) is 20.2. The van der Waals surface area contributed by atoms with Crippen molar-refractivity contribution in [1.82, 2.24) is 15.6 Å². The molecule has 26 heavy (non-hydrogen) atoms. The molecule has 0 fully saturated rings. The molecular weight excluding hydrogens is 442 g/mol. The molecule has 4 nitrogen and oxygen atoms in total. The zero-order valence-electron chi connectivity index (χ0n) is 15.0. The van der Waals surface area contributed by atoms with Crippen molar-refractivity contribution in [1.29, 1.82) is 0 Å². The van der Waals surface area contributed by atoms with E-state index in [-0.39, 0.29) is 29.8 Å². The van der Waals surface area contributed by atoms with Crippen LogP contribution in [-0.4, -0.2) is 24.5 Å². The van der Waals surface area contributed by atoms with E-state index in [2.05, 4.69) is 38.9 Å². The van der Waals surface area contributed by atoms with E-state index >= 15 is 0 Å². The molecule has 0 saturated carbocycles. The van der Waals surface area contributed by atoms with Crippen LogP contribution in [0.1, 0.15) is 16.7 Å². The normalized spacial score (nSPS) is 11.3. The van der Waals surface area contributed by atoms with Crippen LogP contribution >= 0.6 is 24.0 Å². The number of nitrogens with zero attached hydrogens (tertiary/aromatic N) is 1. The first-order chi connectivity index (χ1) is 12.2. The maximum Gasteiger partial charge on any atom is 0.191 e. The third-order valence-corrected chi connectivity index (χ3v) is 4.28. The molecule has 6 heteroatoms. The van der Waals surface area contributed by atoms with Crippen molar-refractivity contribution < 1.29 is 4.39 Å². The summed E-state index contributed by atoms with van der Waals surface area (Å²) in [4.78, 5) is 7.50. The van der Waals surface area contributed by atoms with Gasteiger partial charge in [0.1, 0.15) is 5.82 Å². The van der Waals surface area contributed by atoms with Crippen molar-refractivity contribution in [2.24, 2.45) is 4.99 Å². The average Bonchev–Trinajstić information content (AvgIpc) is 3.04. The maximum absolute atomic E-state index is 13.6. The van der Waals surface area contributed by atoms with Crippen LogP contribution in [0.2, 0.25) is 0 Å². The molecule has 1 heterocycles. The fourth-order valence-electron chi connectivity index (χ4n) is 2.81. The molecule has 3 rings (SSSR count). The number of fused-ring (bicyclic) bond motifs is 1. The number of rotatable bonds is 5. The van der Waals surface area contributed by atoms with Crippen molar-refractivity contribution in [3.05, 3.63) is 71.2 Å². The third-order valence-electron chi connectivity index (χ3n) is 4.28. The lowest BCUT2D eigenvalue weighted by Crippen LogP contribution is -2.37. The summed E-state index contributed by atoms with van der Waals surface area (Å²) in [6.07, 6.45) is 2.95. The van der Waals surface area contributed by atoms with E-state index in [1.807, 2.05) is 18.2 Å². The fraction of sp³-hybridized carbons (Fsp3) is 0.250. The Hall–Kier alpha value is -2.09. The number of benzene rings is 2. The van der Waals surface area contributed by atoms with Gasteiger partial charge in [-0.3, -0.25) is 4.99 Å². The van der Waals surface area contributed by atoms with Crippen LogP contribution in [0.4, 0.5) is 4.39 Å². The third kappa shape index (κ3) is 4.97. The van der Waals surface area contributed by atoms with Gasteiger partial charge in [0.15, 0.2) is 5.96 Å². The number of H-pyrrole nitrogens is 1. The first-order valence-electron chi connectivity index (χ1n) is 8.42. The summed E-state index contributed by atoms with van der Waals surface area (Å²) < 4.78 is 13.6. The molecule has 0 aliphatic carbocycles. The highest BCUT2D eigenvalue weighted by atomic mass is 127. The molecule has 0 aliphatic heterocycles. The highest BCUT2D eigenvalue weighted by Gasteiger charge is 2.04. The van der Waals surface area contributed by atoms with E-state index in [4.69, 9.17) is 0 Å². The average molecular weight is 466 g/mol. The summed E-state index contributed by atoms with van der Waals surface area (Å²) >= 11 is 0. The van der Waals surface area contributed by atoms with E-state index in [1.54, 1.807) is 26.1 Å². The van der Waals surface area contributed by atoms with Gasteiger partial charge in [0.05, 0.1) is 0 Å². The van der Waals surface area contributed by atoms with E-state index in [1.165, 1.54) is 10.9 Å². The van der Waals surface area contributed by atoms with Crippen LogP contribution in [0.15, 0.2) is 53.7 Å². The maximum atomic E-state index is 13.6. The molecule has 1 aromatic heterocycles. The molecule has 0 amide bonds. The highest BCUT2D eigenvalue weighted by molar-refractivity contribution is 14.0. The summed E-state index contributed by atoms with van der Waals surface area (Å²) in [6, 6.07) is 13.5. The Morgan fingerprint density at radius 3 is 2.73 bits per heavy atom. The van der Waals surface area contributed by atoms with Crippen molar-refractivity contribution >= 4 is 40.8 Å². The number of para-hydroxylation sites is 1. The number of aromatic nitrogens is 1. The number of nitrogens with one attached hydrogen (secondary N) is 3. The zero-order chi connectivity index (χ0) is 17.6. The Morgan fingerprint density at radius 2 is 1.96 bits per heavy atom. The van der Waals surface area contributed by atoms with Gasteiger partial charge in [-0.2, -0.15) is 0 Å². The first-order valence-corrected chi connectivity index (χ1v) is 8.42. The van der Waals surface area contributed by atoms with Gasteiger partial charge in [0, 0.05) is 37.2 Å². The van der Waals surface area contributed by atoms with Gasteiger partial charge in [-0.1, -0.05) is 30.3 Å². The number of hydrogen-bond acceptors (Lipinski definition) is 1. The molecule has 3 N–H and O–H groups in total. The second-order valence-corrected chi connectivity index (χ2v) is 6.05. The number of hydrogen-bond donors (Lipinski definition) is 3. The standard InChI is InChI=1S/C20H23FN4.HI/c1-14-7-8-15(11-18(14)21)12-25-20(22-2)23-10-9-16-13-24-19-6-4-3-5-17(16)19;/h3-8,11,13,24H,9-10,12H2,1-2H3,(H2,22,23,25);1H. The quantitative estimate of drug-likeness (QED) is 0.301. The van der Waals surface area contributed by atoms with E-state index in [9.17, 15) is 4.39 Å². The Bertz CT molecular complexity index is 888. The van der Waals surface area contributed by atoms with E-state index < -0.39 is 0 Å². The minimum Gasteiger partial charge on any atom is -0.361 e. The van der Waals surface area contributed by atoms with E-state index in [0.29, 0.717) is 18.1 Å². The molecule has 0 spiro atoms. The lowest BCUT2D eigenvalue weighted by Gasteiger charge is -2.12. The molecule has 0 unspecified atom stereocenters. The number of aromatic amines is 1. The van der Waals surface area contributed by atoms with Crippen LogP contribution < -0.4 is 10.6 Å². The molecule has 138 valence electrons. The number of aliphatic imine (C=N–C) groups is 1. The predicted molar refractivity (Wildman–Crippen MR) is 117 cm³/mol. The Morgan fingerprint density at radius 1 is 1.15 bits per heavy atom. The largest absolute Gasteiger partial charge is 0.361 e.